The van der Waals surface area contributed by atoms with Crippen LogP contribution in [0, 0.1) is 0 Å². The molecule has 0 aliphatic heterocycles. The molecule has 0 amide bonds. The second-order valence-corrected chi connectivity index (χ2v) is 18.9. The lowest BCUT2D eigenvalue weighted by atomic mass is 9.88. The summed E-state index contributed by atoms with van der Waals surface area (Å²) in [7, 11) is 0. The quantitative estimate of drug-likeness (QED) is 0.0318. The Morgan fingerprint density at radius 2 is 0.486 bits per heavy atom. The van der Waals surface area contributed by atoms with E-state index in [1.165, 1.54) is 0 Å². The Bertz CT molecular complexity index is 1690. The van der Waals surface area contributed by atoms with E-state index < -0.39 is 189 Å². The zero-order chi connectivity index (χ0) is 58.2. The first-order valence-corrected chi connectivity index (χ1v) is 21.8. The van der Waals surface area contributed by atoms with Crippen LogP contribution in [-0.2, 0) is 19.1 Å². The van der Waals surface area contributed by atoms with Crippen LogP contribution in [0.5, 0.6) is 0 Å². The van der Waals surface area contributed by atoms with Crippen LogP contribution < -0.4 is 0 Å². The normalized spacial score (nSPS) is 16.4. The van der Waals surface area contributed by atoms with Crippen LogP contribution in [0.25, 0.3) is 0 Å². The lowest BCUT2D eigenvalue weighted by Crippen LogP contribution is -2.74. The number of ether oxygens (including phenoxy) is 2. The van der Waals surface area contributed by atoms with Crippen molar-refractivity contribution < 1.29 is 168 Å². The minimum absolute atomic E-state index is 0.0204. The molecule has 0 saturated heterocycles. The van der Waals surface area contributed by atoms with Crippen LogP contribution in [-0.4, -0.2) is 153 Å². The van der Waals surface area contributed by atoms with Gasteiger partial charge in [-0.25, -0.2) is 9.59 Å². The largest absolute Gasteiger partial charge is 0.465 e. The second kappa shape index (κ2) is 22.1. The number of thioether (sulfide) groups is 4. The monoisotopic (exact) mass is 1220 g/mol. The standard InChI is InChI=1S/C30H24F34O4S4/c1-3-67-11(65)13(69-7-5-15(31,32)17(35,36)19(39,40)21(43,44)23(47,48)25(51,52)27(55,56)29(59,60)61)71-9-10-72-14(12(66)68-4-2)70-8-6-16(33,34)18(37,38)20(41,42)22(45,46)24(49,50)26(53,54)28(57,58)30(62,63)64/h13-14H,3-10H2,1-2H3. The number of esters is 2. The molecule has 4 nitrogen and oxygen atoms in total. The predicted octanol–water partition coefficient (Wildman–Crippen LogP) is 14.5. The maximum atomic E-state index is 14.4. The number of carbonyl (C=O) groups is 2. The minimum Gasteiger partial charge on any atom is -0.465 e. The summed E-state index contributed by atoms with van der Waals surface area (Å²) in [6, 6.07) is 0. The van der Waals surface area contributed by atoms with Crippen molar-refractivity contribution in [2.75, 3.05) is 36.2 Å². The summed E-state index contributed by atoms with van der Waals surface area (Å²) in [4.78, 5) is 24.6. The Hall–Kier alpha value is -2.04. The fourth-order valence-corrected chi connectivity index (χ4v) is 9.51. The highest BCUT2D eigenvalue weighted by molar-refractivity contribution is 8.20. The van der Waals surface area contributed by atoms with Crippen molar-refractivity contribution in [1.29, 1.82) is 0 Å². The molecule has 0 aromatic carbocycles. The van der Waals surface area contributed by atoms with Crippen molar-refractivity contribution in [3.05, 3.63) is 0 Å². The molecule has 0 aromatic rings. The average Bonchev–Trinajstić information content (AvgIpc) is 3.19. The van der Waals surface area contributed by atoms with E-state index in [1.807, 2.05) is 0 Å². The van der Waals surface area contributed by atoms with Gasteiger partial charge in [0.2, 0.25) is 0 Å². The molecule has 0 spiro atoms. The number of rotatable bonds is 29. The van der Waals surface area contributed by atoms with E-state index in [2.05, 4.69) is 9.47 Å². The summed E-state index contributed by atoms with van der Waals surface area (Å²) < 4.78 is 466. The van der Waals surface area contributed by atoms with Gasteiger partial charge in [0.05, 0.1) is 13.2 Å². The van der Waals surface area contributed by atoms with Crippen LogP contribution in [0.2, 0.25) is 0 Å². The van der Waals surface area contributed by atoms with E-state index in [4.69, 9.17) is 0 Å². The van der Waals surface area contributed by atoms with E-state index in [0.717, 1.165) is 13.8 Å². The molecule has 0 saturated carbocycles. The molecule has 0 fully saturated rings. The highest BCUT2D eigenvalue weighted by Crippen LogP contribution is 2.66. The van der Waals surface area contributed by atoms with Crippen LogP contribution >= 0.6 is 47.0 Å². The molecule has 0 N–H and O–H groups in total. The molecule has 430 valence electrons. The van der Waals surface area contributed by atoms with Gasteiger partial charge in [-0.1, -0.05) is 0 Å². The summed E-state index contributed by atoms with van der Waals surface area (Å²) >= 11 is -0.866. The van der Waals surface area contributed by atoms with E-state index >= 15 is 0 Å². The lowest BCUT2D eigenvalue weighted by Gasteiger charge is -2.42. The Balaban J connectivity index is 6.31. The third-order valence-electron chi connectivity index (χ3n) is 8.52. The van der Waals surface area contributed by atoms with Crippen molar-refractivity contribution in [1.82, 2.24) is 0 Å². The van der Waals surface area contributed by atoms with Gasteiger partial charge in [-0.15, -0.1) is 47.0 Å². The third kappa shape index (κ3) is 12.1. The van der Waals surface area contributed by atoms with E-state index in [0.29, 0.717) is 0 Å². The number of alkyl halides is 34. The van der Waals surface area contributed by atoms with Crippen molar-refractivity contribution in [3.63, 3.8) is 0 Å². The highest BCUT2D eigenvalue weighted by atomic mass is 32.2. The zero-order valence-corrected chi connectivity index (χ0v) is 37.2. The van der Waals surface area contributed by atoms with Crippen LogP contribution in [0.3, 0.4) is 0 Å². The van der Waals surface area contributed by atoms with Crippen LogP contribution in [0.15, 0.2) is 0 Å². The molecule has 72 heavy (non-hydrogen) atoms. The molecule has 0 bridgehead atoms. The van der Waals surface area contributed by atoms with E-state index in [-0.39, 0.29) is 23.5 Å². The summed E-state index contributed by atoms with van der Waals surface area (Å²) in [5.41, 5.74) is 0. The smallest absolute Gasteiger partial charge is 0.460 e. The topological polar surface area (TPSA) is 52.6 Å². The first-order valence-electron chi connectivity index (χ1n) is 17.6. The molecule has 0 aromatic heterocycles. The maximum Gasteiger partial charge on any atom is 0.460 e. The van der Waals surface area contributed by atoms with Gasteiger partial charge in [0, 0.05) is 35.9 Å². The number of halogens is 34. The Kier molecular flexibility index (Phi) is 21.5. The fourth-order valence-electron chi connectivity index (χ4n) is 4.39. The molecular weight excluding hydrogens is 1200 g/mol. The zero-order valence-electron chi connectivity index (χ0n) is 33.9. The number of hydrogen-bond donors (Lipinski definition) is 0. The number of hydrogen-bond acceptors (Lipinski definition) is 8. The van der Waals surface area contributed by atoms with Gasteiger partial charge in [-0.3, -0.25) is 0 Å². The Morgan fingerprint density at radius 3 is 0.681 bits per heavy atom. The molecule has 2 atom stereocenters. The highest BCUT2D eigenvalue weighted by Gasteiger charge is 2.97. The summed E-state index contributed by atoms with van der Waals surface area (Å²) in [5, 5.41) is 0. The van der Waals surface area contributed by atoms with Crippen LogP contribution in [0.1, 0.15) is 26.7 Å². The average molecular weight is 1220 g/mol. The van der Waals surface area contributed by atoms with Gasteiger partial charge in [-0.05, 0) is 13.8 Å². The van der Waals surface area contributed by atoms with Gasteiger partial charge < -0.3 is 9.47 Å². The summed E-state index contributed by atoms with van der Waals surface area (Å²) in [6.45, 7) is 0.596. The Labute approximate surface area is 394 Å². The van der Waals surface area contributed by atoms with Crippen molar-refractivity contribution >= 4 is 59.0 Å². The second-order valence-electron chi connectivity index (χ2n) is 13.4. The maximum absolute atomic E-state index is 14.4. The number of carbonyl (C=O) groups excluding carboxylic acids is 2. The molecular formula is C30H24F34O4S4. The predicted molar refractivity (Wildman–Crippen MR) is 181 cm³/mol. The SMILES string of the molecule is CCOC(=O)C(SCCSC(SCCC(F)(F)C(F)(F)C(F)(F)C(F)(F)C(F)(F)C(F)(F)C(F)(F)C(F)(F)F)C(=O)OCC)SCCC(F)(F)C(F)(F)C(F)(F)C(F)(F)C(F)(F)C(F)(F)C(F)(F)C(F)(F)F. The van der Waals surface area contributed by atoms with Crippen molar-refractivity contribution in [2.45, 2.75) is 131 Å². The van der Waals surface area contributed by atoms with Crippen LogP contribution in [0.4, 0.5) is 149 Å². The van der Waals surface area contributed by atoms with Gasteiger partial charge in [-0.2, -0.15) is 149 Å². The van der Waals surface area contributed by atoms with E-state index in [9.17, 15) is 159 Å². The summed E-state index contributed by atoms with van der Waals surface area (Å²) in [6.07, 6.45) is -22.1. The summed E-state index contributed by atoms with van der Waals surface area (Å²) in [5.74, 6) is -126. The molecule has 42 heteroatoms. The third-order valence-corrected chi connectivity index (χ3v) is 14.2. The minimum atomic E-state index is -8.92. The fraction of sp³-hybridized carbons (Fsp3) is 0.933. The first-order chi connectivity index (χ1) is 31.4. The first kappa shape index (κ1) is 70.0. The molecule has 0 aliphatic rings. The van der Waals surface area contributed by atoms with Gasteiger partial charge in [0.15, 0.2) is 0 Å². The lowest BCUT2D eigenvalue weighted by molar-refractivity contribution is -0.461. The molecule has 0 rings (SSSR count). The van der Waals surface area contributed by atoms with Crippen molar-refractivity contribution in [3.8, 4) is 0 Å². The van der Waals surface area contributed by atoms with Gasteiger partial charge in [0.25, 0.3) is 0 Å². The molecule has 0 radical (unpaired) electrons. The van der Waals surface area contributed by atoms with Crippen molar-refractivity contribution in [2.24, 2.45) is 0 Å². The van der Waals surface area contributed by atoms with E-state index in [1.54, 1.807) is 0 Å². The molecule has 0 heterocycles. The molecule has 2 unspecified atom stereocenters. The Morgan fingerprint density at radius 1 is 0.306 bits per heavy atom. The van der Waals surface area contributed by atoms with Gasteiger partial charge >= 0.3 is 107 Å². The van der Waals surface area contributed by atoms with Gasteiger partial charge in [0.1, 0.15) is 9.16 Å². The molecule has 0 aliphatic carbocycles.